The molecule has 0 fully saturated rings. The molecule has 2 rings (SSSR count). The molecular formula is C12H11FN4. The van der Waals surface area contributed by atoms with Crippen LogP contribution in [0.1, 0.15) is 11.4 Å². The second-order valence-corrected chi connectivity index (χ2v) is 3.58. The van der Waals surface area contributed by atoms with Gasteiger partial charge in [0.1, 0.15) is 23.3 Å². The summed E-state index contributed by atoms with van der Waals surface area (Å²) in [6, 6.07) is 6.35. The van der Waals surface area contributed by atoms with Crippen LogP contribution in [0, 0.1) is 17.1 Å². The first kappa shape index (κ1) is 11.1. The van der Waals surface area contributed by atoms with E-state index in [9.17, 15) is 4.39 Å². The molecule has 0 bridgehead atoms. The van der Waals surface area contributed by atoms with Crippen LogP contribution >= 0.6 is 0 Å². The van der Waals surface area contributed by atoms with Gasteiger partial charge >= 0.3 is 0 Å². The number of nitrogens with zero attached hydrogens (tertiary/aromatic N) is 3. The lowest BCUT2D eigenvalue weighted by molar-refractivity contribution is 0.624. The van der Waals surface area contributed by atoms with Gasteiger partial charge in [0.2, 0.25) is 0 Å². The Bertz CT molecular complexity index is 568. The minimum atomic E-state index is -0.516. The summed E-state index contributed by atoms with van der Waals surface area (Å²) in [5, 5.41) is 11.9. The van der Waals surface area contributed by atoms with Crippen molar-refractivity contribution < 1.29 is 4.39 Å². The van der Waals surface area contributed by atoms with E-state index in [1.165, 1.54) is 6.07 Å². The minimum Gasteiger partial charge on any atom is -0.377 e. The molecule has 4 nitrogen and oxygen atoms in total. The molecule has 2 aromatic rings. The van der Waals surface area contributed by atoms with Crippen LogP contribution in [0.5, 0.6) is 0 Å². The topological polar surface area (TPSA) is 53.6 Å². The highest BCUT2D eigenvalue weighted by Crippen LogP contribution is 2.18. The van der Waals surface area contributed by atoms with E-state index >= 15 is 0 Å². The maximum absolute atomic E-state index is 13.3. The van der Waals surface area contributed by atoms with Crippen molar-refractivity contribution in [3.63, 3.8) is 0 Å². The highest BCUT2D eigenvalue weighted by atomic mass is 19.1. The van der Waals surface area contributed by atoms with Gasteiger partial charge in [0, 0.05) is 19.4 Å². The van der Waals surface area contributed by atoms with Crippen LogP contribution in [-0.2, 0) is 13.6 Å². The quantitative estimate of drug-likeness (QED) is 0.877. The molecule has 1 aromatic heterocycles. The number of aryl methyl sites for hydroxylation is 1. The summed E-state index contributed by atoms with van der Waals surface area (Å²) in [6.07, 6.45) is 3.52. The van der Waals surface area contributed by atoms with E-state index in [1.807, 2.05) is 23.9 Å². The number of hydrogen-bond acceptors (Lipinski definition) is 3. The Hall–Kier alpha value is -2.35. The number of nitriles is 1. The van der Waals surface area contributed by atoms with E-state index in [0.717, 1.165) is 5.82 Å². The molecule has 1 heterocycles. The Balaban J connectivity index is 2.18. The maximum atomic E-state index is 13.3. The predicted molar refractivity (Wildman–Crippen MR) is 61.6 cm³/mol. The number of imidazole rings is 1. The zero-order valence-corrected chi connectivity index (χ0v) is 9.31. The first-order valence-electron chi connectivity index (χ1n) is 5.11. The highest BCUT2D eigenvalue weighted by Gasteiger charge is 2.07. The Morgan fingerprint density at radius 3 is 3.00 bits per heavy atom. The molecule has 0 saturated carbocycles. The molecule has 0 aliphatic carbocycles. The molecule has 0 unspecified atom stereocenters. The summed E-state index contributed by atoms with van der Waals surface area (Å²) >= 11 is 0. The van der Waals surface area contributed by atoms with Crippen molar-refractivity contribution in [3.05, 3.63) is 47.8 Å². The van der Waals surface area contributed by atoms with Crippen molar-refractivity contribution in [1.82, 2.24) is 9.55 Å². The van der Waals surface area contributed by atoms with Gasteiger partial charge in [0.25, 0.3) is 0 Å². The molecule has 0 saturated heterocycles. The van der Waals surface area contributed by atoms with Gasteiger partial charge in [0.05, 0.1) is 12.2 Å². The molecule has 0 spiro atoms. The summed E-state index contributed by atoms with van der Waals surface area (Å²) in [5.41, 5.74) is 0.511. The van der Waals surface area contributed by atoms with Crippen LogP contribution in [0.4, 0.5) is 10.1 Å². The van der Waals surface area contributed by atoms with Crippen LogP contribution < -0.4 is 5.32 Å². The first-order chi connectivity index (χ1) is 8.22. The Kier molecular flexibility index (Phi) is 3.06. The maximum Gasteiger partial charge on any atom is 0.143 e. The van der Waals surface area contributed by atoms with Gasteiger partial charge < -0.3 is 9.88 Å². The fourth-order valence-electron chi connectivity index (χ4n) is 1.53. The van der Waals surface area contributed by atoms with Crippen LogP contribution in [-0.4, -0.2) is 9.55 Å². The van der Waals surface area contributed by atoms with Crippen LogP contribution in [0.25, 0.3) is 0 Å². The SMILES string of the molecule is Cn1ccnc1CNc1cccc(F)c1C#N. The standard InChI is InChI=1S/C12H11FN4/c1-17-6-5-15-12(17)8-16-11-4-2-3-10(13)9(11)7-14/h2-6,16H,8H2,1H3. The molecule has 0 aliphatic rings. The Morgan fingerprint density at radius 1 is 1.53 bits per heavy atom. The van der Waals surface area contributed by atoms with E-state index in [0.29, 0.717) is 12.2 Å². The zero-order chi connectivity index (χ0) is 12.3. The van der Waals surface area contributed by atoms with Gasteiger partial charge in [-0.15, -0.1) is 0 Å². The van der Waals surface area contributed by atoms with Crippen LogP contribution in [0.2, 0.25) is 0 Å². The van der Waals surface area contributed by atoms with Crippen molar-refractivity contribution in [2.75, 3.05) is 5.32 Å². The second kappa shape index (κ2) is 4.66. The third kappa shape index (κ3) is 2.26. The van der Waals surface area contributed by atoms with Crippen molar-refractivity contribution in [3.8, 4) is 6.07 Å². The van der Waals surface area contributed by atoms with E-state index in [1.54, 1.807) is 18.3 Å². The normalized spacial score (nSPS) is 9.94. The largest absolute Gasteiger partial charge is 0.377 e. The highest BCUT2D eigenvalue weighted by molar-refractivity contribution is 5.57. The van der Waals surface area contributed by atoms with Gasteiger partial charge in [-0.2, -0.15) is 5.26 Å². The third-order valence-electron chi connectivity index (χ3n) is 2.48. The summed E-state index contributed by atoms with van der Waals surface area (Å²) in [7, 11) is 1.88. The Labute approximate surface area is 98.3 Å². The fourth-order valence-corrected chi connectivity index (χ4v) is 1.53. The van der Waals surface area contributed by atoms with Crippen molar-refractivity contribution in [2.24, 2.45) is 7.05 Å². The third-order valence-corrected chi connectivity index (χ3v) is 2.48. The van der Waals surface area contributed by atoms with Gasteiger partial charge in [-0.25, -0.2) is 9.37 Å². The number of benzene rings is 1. The molecule has 86 valence electrons. The lowest BCUT2D eigenvalue weighted by Crippen LogP contribution is -2.07. The van der Waals surface area contributed by atoms with Gasteiger partial charge in [-0.1, -0.05) is 6.07 Å². The first-order valence-corrected chi connectivity index (χ1v) is 5.11. The van der Waals surface area contributed by atoms with E-state index in [4.69, 9.17) is 5.26 Å². The molecule has 0 amide bonds. The summed E-state index contributed by atoms with van der Waals surface area (Å²) < 4.78 is 15.2. The molecule has 0 aliphatic heterocycles. The van der Waals surface area contributed by atoms with Crippen molar-refractivity contribution in [2.45, 2.75) is 6.54 Å². The Morgan fingerprint density at radius 2 is 2.35 bits per heavy atom. The van der Waals surface area contributed by atoms with Crippen LogP contribution in [0.3, 0.4) is 0 Å². The monoisotopic (exact) mass is 230 g/mol. The van der Waals surface area contributed by atoms with Crippen molar-refractivity contribution >= 4 is 5.69 Å². The fraction of sp³-hybridized carbons (Fsp3) is 0.167. The molecule has 0 radical (unpaired) electrons. The summed E-state index contributed by atoms with van der Waals surface area (Å²) in [4.78, 5) is 4.13. The molecule has 5 heteroatoms. The van der Waals surface area contributed by atoms with Crippen molar-refractivity contribution in [1.29, 1.82) is 5.26 Å². The molecule has 1 aromatic carbocycles. The average molecular weight is 230 g/mol. The lowest BCUT2D eigenvalue weighted by Gasteiger charge is -2.08. The van der Waals surface area contributed by atoms with Gasteiger partial charge in [0.15, 0.2) is 0 Å². The summed E-state index contributed by atoms with van der Waals surface area (Å²) in [5.74, 6) is 0.301. The van der Waals surface area contributed by atoms with Gasteiger partial charge in [-0.05, 0) is 12.1 Å². The number of hydrogen-bond donors (Lipinski definition) is 1. The minimum absolute atomic E-state index is 0.0294. The van der Waals surface area contributed by atoms with E-state index in [2.05, 4.69) is 10.3 Å². The van der Waals surface area contributed by atoms with E-state index < -0.39 is 5.82 Å². The zero-order valence-electron chi connectivity index (χ0n) is 9.31. The number of anilines is 1. The molecule has 17 heavy (non-hydrogen) atoms. The molecule has 1 N–H and O–H groups in total. The number of nitrogens with one attached hydrogen (secondary N) is 1. The number of aromatic nitrogens is 2. The molecular weight excluding hydrogens is 219 g/mol. The van der Waals surface area contributed by atoms with E-state index in [-0.39, 0.29) is 5.56 Å². The number of rotatable bonds is 3. The number of halogens is 1. The average Bonchev–Trinajstić information content (AvgIpc) is 2.72. The lowest BCUT2D eigenvalue weighted by atomic mass is 10.2. The molecule has 0 atom stereocenters. The van der Waals surface area contributed by atoms with Crippen LogP contribution in [0.15, 0.2) is 30.6 Å². The predicted octanol–water partition coefficient (Wildman–Crippen LogP) is 2.04. The smallest absolute Gasteiger partial charge is 0.143 e. The summed E-state index contributed by atoms with van der Waals surface area (Å²) in [6.45, 7) is 0.446. The second-order valence-electron chi connectivity index (χ2n) is 3.58. The van der Waals surface area contributed by atoms with Gasteiger partial charge in [-0.3, -0.25) is 0 Å².